The van der Waals surface area contributed by atoms with Crippen LogP contribution in [0.2, 0.25) is 0 Å². The Morgan fingerprint density at radius 1 is 1.38 bits per heavy atom. The summed E-state index contributed by atoms with van der Waals surface area (Å²) in [5.74, 6) is -0.884. The summed E-state index contributed by atoms with van der Waals surface area (Å²) in [7, 11) is 1.28. The van der Waals surface area contributed by atoms with Crippen LogP contribution in [0.25, 0.3) is 0 Å². The van der Waals surface area contributed by atoms with Crippen LogP contribution in [0, 0.1) is 11.7 Å². The van der Waals surface area contributed by atoms with Crippen molar-refractivity contribution in [2.45, 2.75) is 32.5 Å². The van der Waals surface area contributed by atoms with E-state index >= 15 is 0 Å². The van der Waals surface area contributed by atoms with E-state index in [4.69, 9.17) is 9.47 Å². The van der Waals surface area contributed by atoms with Gasteiger partial charge in [0.25, 0.3) is 0 Å². The number of hydrogen-bond donors (Lipinski definition) is 0. The molecule has 0 radical (unpaired) electrons. The second-order valence-corrected chi connectivity index (χ2v) is 5.31. The van der Waals surface area contributed by atoms with Gasteiger partial charge in [-0.2, -0.15) is 0 Å². The third kappa shape index (κ3) is 3.15. The van der Waals surface area contributed by atoms with Gasteiger partial charge in [0.05, 0.1) is 13.7 Å². The fourth-order valence-corrected chi connectivity index (χ4v) is 2.37. The number of benzene rings is 1. The van der Waals surface area contributed by atoms with E-state index in [0.29, 0.717) is 5.56 Å². The van der Waals surface area contributed by atoms with Crippen LogP contribution in [-0.4, -0.2) is 36.2 Å². The highest BCUT2D eigenvalue weighted by atomic mass is 19.1. The first-order chi connectivity index (χ1) is 9.93. The quantitative estimate of drug-likeness (QED) is 0.800. The topological polar surface area (TPSA) is 55.8 Å². The largest absolute Gasteiger partial charge is 0.467 e. The van der Waals surface area contributed by atoms with Crippen molar-refractivity contribution in [3.63, 3.8) is 0 Å². The molecule has 0 bridgehead atoms. The Balaban J connectivity index is 2.24. The first kappa shape index (κ1) is 15.3. The molecule has 114 valence electrons. The standard InChI is InChI=1S/C15H18FNO4/c1-9(2)13-12(14(18)20-3)17(15(19)21-13)8-10-4-6-11(16)7-5-10/h4-7,9,12-13H,8H2,1-3H3/t12-,13+/m1/s1. The van der Waals surface area contributed by atoms with Crippen molar-refractivity contribution >= 4 is 12.1 Å². The SMILES string of the molecule is COC(=O)[C@H]1[C@H](C(C)C)OC(=O)N1Cc1ccc(F)cc1. The molecule has 1 aromatic rings. The van der Waals surface area contributed by atoms with Gasteiger partial charge in [-0.15, -0.1) is 0 Å². The first-order valence-corrected chi connectivity index (χ1v) is 6.73. The van der Waals surface area contributed by atoms with Crippen LogP contribution in [0.3, 0.4) is 0 Å². The first-order valence-electron chi connectivity index (χ1n) is 6.73. The smallest absolute Gasteiger partial charge is 0.411 e. The van der Waals surface area contributed by atoms with E-state index in [1.807, 2.05) is 13.8 Å². The lowest BCUT2D eigenvalue weighted by Crippen LogP contribution is -2.44. The van der Waals surface area contributed by atoms with Crippen molar-refractivity contribution in [1.29, 1.82) is 0 Å². The molecule has 1 aliphatic heterocycles. The average Bonchev–Trinajstić information content (AvgIpc) is 2.78. The molecule has 0 aromatic heterocycles. The van der Waals surface area contributed by atoms with Crippen molar-refractivity contribution in [1.82, 2.24) is 4.90 Å². The minimum absolute atomic E-state index is 0.0173. The maximum atomic E-state index is 12.9. The fourth-order valence-electron chi connectivity index (χ4n) is 2.37. The van der Waals surface area contributed by atoms with E-state index < -0.39 is 24.2 Å². The fraction of sp³-hybridized carbons (Fsp3) is 0.467. The molecule has 0 unspecified atom stereocenters. The van der Waals surface area contributed by atoms with Gasteiger partial charge in [-0.25, -0.2) is 14.0 Å². The molecule has 1 aromatic carbocycles. The number of hydrogen-bond acceptors (Lipinski definition) is 4. The lowest BCUT2D eigenvalue weighted by molar-refractivity contribution is -0.147. The summed E-state index contributed by atoms with van der Waals surface area (Å²) in [5, 5.41) is 0. The molecule has 5 nitrogen and oxygen atoms in total. The van der Waals surface area contributed by atoms with Crippen LogP contribution in [0.5, 0.6) is 0 Å². The molecular formula is C15H18FNO4. The van der Waals surface area contributed by atoms with Gasteiger partial charge in [0.2, 0.25) is 0 Å². The van der Waals surface area contributed by atoms with Gasteiger partial charge in [0.1, 0.15) is 11.9 Å². The number of ether oxygens (including phenoxy) is 2. The Bertz CT molecular complexity index is 529. The van der Waals surface area contributed by atoms with E-state index in [0.717, 1.165) is 0 Å². The number of nitrogens with zero attached hydrogens (tertiary/aromatic N) is 1. The van der Waals surface area contributed by atoms with Crippen LogP contribution in [0.1, 0.15) is 19.4 Å². The monoisotopic (exact) mass is 295 g/mol. The Morgan fingerprint density at radius 2 is 2.00 bits per heavy atom. The van der Waals surface area contributed by atoms with Crippen molar-refractivity contribution in [2.24, 2.45) is 5.92 Å². The summed E-state index contributed by atoms with van der Waals surface area (Å²) in [6.45, 7) is 3.91. The van der Waals surface area contributed by atoms with Crippen LogP contribution < -0.4 is 0 Å². The zero-order valence-corrected chi connectivity index (χ0v) is 12.2. The molecule has 2 atom stereocenters. The molecule has 1 aliphatic rings. The van der Waals surface area contributed by atoms with Crippen molar-refractivity contribution < 1.29 is 23.5 Å². The highest BCUT2D eigenvalue weighted by molar-refractivity contribution is 5.85. The molecule has 21 heavy (non-hydrogen) atoms. The lowest BCUT2D eigenvalue weighted by Gasteiger charge is -2.24. The van der Waals surface area contributed by atoms with Crippen molar-refractivity contribution in [3.05, 3.63) is 35.6 Å². The van der Waals surface area contributed by atoms with Gasteiger partial charge in [-0.05, 0) is 23.6 Å². The second kappa shape index (κ2) is 6.11. The number of cyclic esters (lactones) is 1. The molecule has 1 saturated heterocycles. The van der Waals surface area contributed by atoms with Gasteiger partial charge in [-0.3, -0.25) is 4.90 Å². The minimum atomic E-state index is -0.785. The van der Waals surface area contributed by atoms with E-state index in [1.54, 1.807) is 12.1 Å². The number of carbonyl (C=O) groups is 2. The number of rotatable bonds is 4. The van der Waals surface area contributed by atoms with E-state index in [-0.39, 0.29) is 18.3 Å². The second-order valence-electron chi connectivity index (χ2n) is 5.31. The Morgan fingerprint density at radius 3 is 2.52 bits per heavy atom. The molecule has 1 heterocycles. The summed E-state index contributed by atoms with van der Waals surface area (Å²) < 4.78 is 23.0. The van der Waals surface area contributed by atoms with Gasteiger partial charge in [0, 0.05) is 0 Å². The average molecular weight is 295 g/mol. The normalized spacial score (nSPS) is 21.6. The predicted octanol–water partition coefficient (Wildman–Crippen LogP) is 2.34. The third-order valence-corrected chi connectivity index (χ3v) is 3.48. The van der Waals surface area contributed by atoms with Crippen LogP contribution in [0.4, 0.5) is 9.18 Å². The highest BCUT2D eigenvalue weighted by Gasteiger charge is 2.48. The molecule has 0 saturated carbocycles. The van der Waals surface area contributed by atoms with E-state index in [2.05, 4.69) is 0 Å². The zero-order chi connectivity index (χ0) is 15.6. The molecule has 0 spiro atoms. The summed E-state index contributed by atoms with van der Waals surface area (Å²) in [6.07, 6.45) is -1.11. The van der Waals surface area contributed by atoms with E-state index in [9.17, 15) is 14.0 Å². The van der Waals surface area contributed by atoms with Gasteiger partial charge in [0.15, 0.2) is 6.04 Å². The van der Waals surface area contributed by atoms with Gasteiger partial charge < -0.3 is 9.47 Å². The van der Waals surface area contributed by atoms with Crippen LogP contribution in [-0.2, 0) is 20.8 Å². The highest BCUT2D eigenvalue weighted by Crippen LogP contribution is 2.27. The van der Waals surface area contributed by atoms with Crippen molar-refractivity contribution in [3.8, 4) is 0 Å². The summed E-state index contributed by atoms with van der Waals surface area (Å²) >= 11 is 0. The molecule has 0 aliphatic carbocycles. The number of halogens is 1. The molecule has 0 N–H and O–H groups in total. The molecule has 6 heteroatoms. The Hall–Kier alpha value is -2.11. The minimum Gasteiger partial charge on any atom is -0.467 e. The van der Waals surface area contributed by atoms with Crippen molar-refractivity contribution in [2.75, 3.05) is 7.11 Å². The number of carbonyl (C=O) groups excluding carboxylic acids is 2. The molecule has 2 rings (SSSR count). The predicted molar refractivity (Wildman–Crippen MR) is 72.9 cm³/mol. The molecule has 1 fully saturated rings. The maximum absolute atomic E-state index is 12.9. The van der Waals surface area contributed by atoms with Crippen LogP contribution in [0.15, 0.2) is 24.3 Å². The third-order valence-electron chi connectivity index (χ3n) is 3.48. The Labute approximate surface area is 122 Å². The summed E-state index contributed by atoms with van der Waals surface area (Å²) in [5.41, 5.74) is 0.714. The maximum Gasteiger partial charge on any atom is 0.411 e. The summed E-state index contributed by atoms with van der Waals surface area (Å²) in [4.78, 5) is 25.3. The zero-order valence-electron chi connectivity index (χ0n) is 12.2. The molecule has 1 amide bonds. The number of esters is 1. The summed E-state index contributed by atoms with van der Waals surface area (Å²) in [6, 6.07) is 4.97. The molecular weight excluding hydrogens is 277 g/mol. The number of methoxy groups -OCH3 is 1. The van der Waals surface area contributed by atoms with Crippen LogP contribution >= 0.6 is 0 Å². The van der Waals surface area contributed by atoms with Gasteiger partial charge >= 0.3 is 12.1 Å². The number of amides is 1. The Kier molecular flexibility index (Phi) is 4.45. The van der Waals surface area contributed by atoms with Gasteiger partial charge in [-0.1, -0.05) is 26.0 Å². The lowest BCUT2D eigenvalue weighted by atomic mass is 9.99. The van der Waals surface area contributed by atoms with E-state index in [1.165, 1.54) is 24.1 Å².